The lowest BCUT2D eigenvalue weighted by molar-refractivity contribution is 0.0946. The third kappa shape index (κ3) is 20.4. The third-order valence-electron chi connectivity index (χ3n) is 26.4. The number of anilines is 1. The van der Waals surface area contributed by atoms with Crippen molar-refractivity contribution in [1.29, 1.82) is 0 Å². The number of nitrogen functional groups attached to an aromatic ring is 1. The molecule has 30 nitrogen and oxygen atoms in total. The Kier molecular flexibility index (Phi) is 25.6. The summed E-state index contributed by atoms with van der Waals surface area (Å²) in [5.41, 5.74) is 29.4. The lowest BCUT2D eigenvalue weighted by Crippen LogP contribution is -2.41. The first-order valence-electron chi connectivity index (χ1n) is 44.7. The predicted molar refractivity (Wildman–Crippen MR) is 495 cm³/mol. The molecule has 0 radical (unpaired) electrons. The number of fused-ring (bicyclic) bond motifs is 5. The number of carbonyl (C=O) groups excluding carboxylic acids is 6. The average molecular weight is 1860 g/mol. The number of nitrogens with zero attached hydrogens (tertiary/aromatic N) is 13. The number of aliphatic imine (C=N–C) groups is 5. The topological polar surface area (TPSA) is 442 Å². The minimum absolute atomic E-state index is 0.00924. The summed E-state index contributed by atoms with van der Waals surface area (Å²) in [5.74, 6) is -2.88. The van der Waals surface area contributed by atoms with Gasteiger partial charge >= 0.3 is 0 Å². The number of hydrogen-bond donors (Lipinski definition) is 6. The number of halogens is 5. The Morgan fingerprint density at radius 3 is 0.810 bits per heavy atom. The molecule has 0 saturated heterocycles. The summed E-state index contributed by atoms with van der Waals surface area (Å²) < 4.78 is 101. The van der Waals surface area contributed by atoms with Crippen LogP contribution in [0.25, 0.3) is 0 Å². The standard InChI is InChI=1S/C26H23FN4O3.3C19H19FN4O2.C19H18FN3O2/c1-15-13-29-21(14-28-15)22(32)11-16-8-9-20(27)18(10-16)26(2)19-12-23(19)34-25(31-26)30-24(33)17-6-4-3-5-7-17;3*1-10-8-23-15(9-22-10)16(25)6-11-3-4-14(20)12(5-11)19(2)13-7-17(13)26-18(21)24-19;1-19(13-9-12(21)7-8-15(13)20)14-10-16(14)25-18(23-19)22-17(24)11-5-3-2-4-6-11/h3-10,13-14,19,23H,11-12H2,1-2H3,(H,30,31,33);3*3-5,8-9,13,17H,6-7H2,1-2H3,(H2,21,24);2-9,14,16H,10,21H2,1H3,(H,22,23,24)/t19-,23?,26-;2*13-,17?,19-;13-,17+,19-;14-,16?,19-/m00010/s1. The monoisotopic (exact) mass is 1860 g/mol. The molecule has 11 aromatic rings. The zero-order valence-corrected chi connectivity index (χ0v) is 76.2. The number of amides is 2. The van der Waals surface area contributed by atoms with E-state index in [0.29, 0.717) is 90.4 Å². The molecule has 10 N–H and O–H groups in total. The highest BCUT2D eigenvalue weighted by molar-refractivity contribution is 6.05. The summed E-state index contributed by atoms with van der Waals surface area (Å²) in [6.07, 6.45) is 16.0. The first-order valence-corrected chi connectivity index (χ1v) is 44.7. The van der Waals surface area contributed by atoms with Crippen molar-refractivity contribution in [2.24, 2.45) is 71.8 Å². The van der Waals surface area contributed by atoms with Gasteiger partial charge in [0.2, 0.25) is 0 Å². The molecule has 5 aliphatic carbocycles. The van der Waals surface area contributed by atoms with Gasteiger partial charge in [-0.3, -0.25) is 59.3 Å². The van der Waals surface area contributed by atoms with E-state index in [0.717, 1.165) is 48.5 Å². The molecule has 9 heterocycles. The number of carbonyl (C=O) groups is 6. The summed E-state index contributed by atoms with van der Waals surface area (Å²) in [5, 5.41) is 5.39. The quantitative estimate of drug-likeness (QED) is 0.0249. The fourth-order valence-corrected chi connectivity index (χ4v) is 18.3. The van der Waals surface area contributed by atoms with Gasteiger partial charge in [0.05, 0.1) is 75.3 Å². The molecule has 0 spiro atoms. The van der Waals surface area contributed by atoms with Crippen molar-refractivity contribution < 1.29 is 74.4 Å². The Hall–Kier alpha value is -15.3. The summed E-state index contributed by atoms with van der Waals surface area (Å²) in [6.45, 7) is 16.5. The summed E-state index contributed by atoms with van der Waals surface area (Å²) in [7, 11) is 0. The molecule has 7 aromatic carbocycles. The van der Waals surface area contributed by atoms with Gasteiger partial charge in [-0.25, -0.2) is 66.9 Å². The normalized spacial score (nSPS) is 25.6. The van der Waals surface area contributed by atoms with E-state index < -0.39 is 33.5 Å². The fourth-order valence-electron chi connectivity index (χ4n) is 18.3. The van der Waals surface area contributed by atoms with Crippen molar-refractivity contribution in [2.45, 2.75) is 178 Å². The van der Waals surface area contributed by atoms with E-state index in [-0.39, 0.29) is 180 Å². The van der Waals surface area contributed by atoms with Crippen molar-refractivity contribution in [3.63, 3.8) is 0 Å². The van der Waals surface area contributed by atoms with Crippen LogP contribution >= 0.6 is 0 Å². The van der Waals surface area contributed by atoms with Crippen molar-refractivity contribution >= 4 is 70.7 Å². The second kappa shape index (κ2) is 37.5. The van der Waals surface area contributed by atoms with Crippen molar-refractivity contribution in [3.05, 3.63) is 337 Å². The van der Waals surface area contributed by atoms with Gasteiger partial charge in [0.15, 0.2) is 23.1 Å². The second-order valence-electron chi connectivity index (χ2n) is 36.6. The molecule has 4 aromatic heterocycles. The number of rotatable bonds is 19. The average Bonchev–Trinajstić information content (AvgIpc) is 1.67. The highest BCUT2D eigenvalue weighted by atomic mass is 19.1. The number of ketones is 4. The van der Waals surface area contributed by atoms with E-state index >= 15 is 4.39 Å². The van der Waals surface area contributed by atoms with Gasteiger partial charge < -0.3 is 46.6 Å². The number of ether oxygens (including phenoxy) is 5. The van der Waals surface area contributed by atoms with Gasteiger partial charge in [-0.15, -0.1) is 0 Å². The van der Waals surface area contributed by atoms with Crippen LogP contribution in [0.4, 0.5) is 27.6 Å². The van der Waals surface area contributed by atoms with E-state index in [4.69, 9.17) is 46.6 Å². The Morgan fingerprint density at radius 1 is 0.314 bits per heavy atom. The minimum atomic E-state index is -0.935. The molecule has 702 valence electrons. The lowest BCUT2D eigenvalue weighted by Gasteiger charge is -2.31. The number of aryl methyl sites for hydroxylation is 4. The molecular formula is C102H98F5N19O11. The maximum atomic E-state index is 15.0. The Balaban J connectivity index is 0.000000119. The van der Waals surface area contributed by atoms with E-state index in [1.807, 2.05) is 46.8 Å². The van der Waals surface area contributed by atoms with Crippen LogP contribution in [-0.2, 0) is 77.1 Å². The van der Waals surface area contributed by atoms with Crippen LogP contribution in [0, 0.1) is 86.4 Å². The van der Waals surface area contributed by atoms with Gasteiger partial charge in [-0.1, -0.05) is 60.7 Å². The van der Waals surface area contributed by atoms with Crippen LogP contribution in [0.5, 0.6) is 0 Å². The predicted octanol–water partition coefficient (Wildman–Crippen LogP) is 13.5. The number of Topliss-reactive ketones (excluding diaryl/α,β-unsaturated/α-hetero) is 4. The smallest absolute Gasteiger partial charge is 0.292 e. The minimum Gasteiger partial charge on any atom is -0.462 e. The van der Waals surface area contributed by atoms with Crippen LogP contribution in [0.2, 0.25) is 0 Å². The van der Waals surface area contributed by atoms with Crippen LogP contribution in [0.15, 0.2) is 226 Å². The molecule has 10 aliphatic rings. The number of nitrogens with one attached hydrogen (secondary N) is 2. The van der Waals surface area contributed by atoms with E-state index in [2.05, 4.69) is 75.5 Å². The third-order valence-corrected chi connectivity index (χ3v) is 26.4. The van der Waals surface area contributed by atoms with Gasteiger partial charge in [-0.05, 0) is 208 Å². The van der Waals surface area contributed by atoms with E-state index in [1.165, 1.54) is 61.2 Å². The van der Waals surface area contributed by atoms with Crippen LogP contribution in [0.3, 0.4) is 0 Å². The summed E-state index contributed by atoms with van der Waals surface area (Å²) in [4.78, 5) is 130. The first-order chi connectivity index (χ1) is 65.4. The van der Waals surface area contributed by atoms with Crippen LogP contribution < -0.4 is 33.6 Å². The van der Waals surface area contributed by atoms with Crippen molar-refractivity contribution in [3.8, 4) is 0 Å². The molecule has 5 aliphatic heterocycles. The highest BCUT2D eigenvalue weighted by Gasteiger charge is 2.62. The zero-order valence-electron chi connectivity index (χ0n) is 76.2. The molecule has 21 rings (SSSR count). The number of aromatic nitrogens is 8. The molecule has 15 atom stereocenters. The molecule has 5 saturated carbocycles. The SMILES string of the molecule is C[C@@]1(c2cc(N)ccc2F)N=C(NC(=O)c2ccccc2)OC2C[C@@H]21.Cc1cnc(C(=O)Cc2ccc(F)c([C@@]3(C)N=C(N)O[C@H]4C[C@H]43)c2)cn1.Cc1cnc(C(=O)Cc2ccc(F)c([C@]3(C)N=C(N)OC4C[C@@H]43)c2)cn1.Cc1cnc(C(=O)Cc2ccc(F)c([C@]3(C)N=C(N)OC4C[C@@H]43)c2)cn1.Cc1cnc(C(=O)Cc2ccc(F)c([C@]3(C)N=C(NC(=O)c4ccccc4)OC4C[C@@H]43)c2)cn1. The summed E-state index contributed by atoms with van der Waals surface area (Å²) in [6, 6.07) is 41.2. The molecular weight excluding hydrogens is 1760 g/mol. The van der Waals surface area contributed by atoms with Gasteiger partial charge in [0.25, 0.3) is 41.9 Å². The van der Waals surface area contributed by atoms with Gasteiger partial charge in [0.1, 0.15) is 82.4 Å². The molecule has 137 heavy (non-hydrogen) atoms. The molecule has 0 bridgehead atoms. The van der Waals surface area contributed by atoms with Crippen LogP contribution in [0.1, 0.15) is 202 Å². The van der Waals surface area contributed by atoms with E-state index in [9.17, 15) is 46.3 Å². The van der Waals surface area contributed by atoms with Crippen molar-refractivity contribution in [1.82, 2.24) is 50.5 Å². The van der Waals surface area contributed by atoms with Gasteiger partial charge in [-0.2, -0.15) is 0 Å². The number of amidine groups is 5. The second-order valence-corrected chi connectivity index (χ2v) is 36.6. The Labute approximate surface area is 784 Å². The molecule has 2 amide bonds. The highest BCUT2D eigenvalue weighted by Crippen LogP contribution is 2.58. The number of nitrogens with two attached hydrogens (primary N) is 4. The Bertz CT molecular complexity index is 6390. The summed E-state index contributed by atoms with van der Waals surface area (Å²) >= 11 is 0. The molecule has 5 fully saturated rings. The Morgan fingerprint density at radius 2 is 0.555 bits per heavy atom. The van der Waals surface area contributed by atoms with E-state index in [1.54, 1.807) is 156 Å². The number of benzene rings is 7. The largest absolute Gasteiger partial charge is 0.462 e. The molecule has 35 heteroatoms. The zero-order chi connectivity index (χ0) is 96.9. The number of hydrogen-bond acceptors (Lipinski definition) is 28. The maximum Gasteiger partial charge on any atom is 0.292 e. The van der Waals surface area contributed by atoms with Crippen molar-refractivity contribution in [2.75, 3.05) is 5.73 Å². The fraction of sp³-hybridized carbons (Fsp3) is 0.324. The van der Waals surface area contributed by atoms with Crippen LogP contribution in [-0.4, -0.2) is 135 Å². The molecule has 4 unspecified atom stereocenters. The lowest BCUT2D eigenvalue weighted by atomic mass is 9.85. The first kappa shape index (κ1) is 93.5. The maximum absolute atomic E-state index is 15.0. The van der Waals surface area contributed by atoms with Gasteiger partial charge in [0, 0.05) is 125 Å².